The average molecular weight is 217 g/mol. The normalized spacial score (nSPS) is 10.4. The van der Waals surface area contributed by atoms with E-state index in [1.165, 1.54) is 0 Å². The fraction of sp³-hybridized carbons (Fsp3) is 0.250. The molecule has 3 N–H and O–H groups in total. The van der Waals surface area contributed by atoms with Crippen molar-refractivity contribution in [1.29, 1.82) is 0 Å². The van der Waals surface area contributed by atoms with Gasteiger partial charge in [-0.1, -0.05) is 19.1 Å². The lowest BCUT2D eigenvalue weighted by atomic mass is 10.0. The number of hydrogen-bond acceptors (Lipinski definition) is 3. The van der Waals surface area contributed by atoms with E-state index >= 15 is 0 Å². The Labute approximate surface area is 94.4 Å². The Bertz CT molecular complexity index is 474. The Morgan fingerprint density at radius 1 is 1.31 bits per heavy atom. The van der Waals surface area contributed by atoms with E-state index in [1.807, 2.05) is 24.3 Å². The maximum absolute atomic E-state index is 5.85. The van der Waals surface area contributed by atoms with Gasteiger partial charge in [0, 0.05) is 11.3 Å². The fourth-order valence-corrected chi connectivity index (χ4v) is 1.73. The van der Waals surface area contributed by atoms with Crippen LogP contribution in [0.3, 0.4) is 0 Å². The maximum Gasteiger partial charge on any atom is 0.153 e. The van der Waals surface area contributed by atoms with Gasteiger partial charge < -0.3 is 10.5 Å². The van der Waals surface area contributed by atoms with Crippen LogP contribution < -0.4 is 10.5 Å². The first-order valence-electron chi connectivity index (χ1n) is 5.23. The Balaban J connectivity index is 2.45. The van der Waals surface area contributed by atoms with Crippen LogP contribution in [0.15, 0.2) is 24.3 Å². The summed E-state index contributed by atoms with van der Waals surface area (Å²) < 4.78 is 5.12. The molecule has 84 valence electrons. The van der Waals surface area contributed by atoms with Gasteiger partial charge in [-0.15, -0.1) is 0 Å². The maximum atomic E-state index is 5.85. The molecule has 0 aliphatic carbocycles. The monoisotopic (exact) mass is 217 g/mol. The number of aromatic amines is 1. The van der Waals surface area contributed by atoms with Gasteiger partial charge in [0.15, 0.2) is 5.82 Å². The minimum Gasteiger partial charge on any atom is -0.497 e. The number of hydrogen-bond donors (Lipinski definition) is 2. The van der Waals surface area contributed by atoms with Crippen LogP contribution in [-0.2, 0) is 6.42 Å². The third-order valence-electron chi connectivity index (χ3n) is 2.60. The third kappa shape index (κ3) is 1.74. The standard InChI is InChI=1S/C12H15N3O/c1-3-10-11(12(13)15-14-10)8-4-6-9(16-2)7-5-8/h4-7H,3H2,1-2H3,(H3,13,14,15). The number of benzene rings is 1. The molecule has 0 fully saturated rings. The number of nitrogens with two attached hydrogens (primary N) is 1. The van der Waals surface area contributed by atoms with Crippen molar-refractivity contribution >= 4 is 5.82 Å². The molecule has 0 bridgehead atoms. The molecule has 1 aromatic carbocycles. The molecule has 0 amide bonds. The molecule has 2 rings (SSSR count). The fourth-order valence-electron chi connectivity index (χ4n) is 1.73. The molecule has 0 aliphatic heterocycles. The van der Waals surface area contributed by atoms with E-state index in [0.717, 1.165) is 29.0 Å². The highest BCUT2D eigenvalue weighted by Gasteiger charge is 2.11. The van der Waals surface area contributed by atoms with Gasteiger partial charge in [-0.2, -0.15) is 5.10 Å². The number of nitrogens with one attached hydrogen (secondary N) is 1. The first-order chi connectivity index (χ1) is 7.76. The zero-order valence-electron chi connectivity index (χ0n) is 9.45. The van der Waals surface area contributed by atoms with Gasteiger partial charge >= 0.3 is 0 Å². The minimum absolute atomic E-state index is 0.544. The number of H-pyrrole nitrogens is 1. The summed E-state index contributed by atoms with van der Waals surface area (Å²) in [5.74, 6) is 1.38. The van der Waals surface area contributed by atoms with Crippen molar-refractivity contribution in [1.82, 2.24) is 10.2 Å². The van der Waals surface area contributed by atoms with Gasteiger partial charge in [0.05, 0.1) is 7.11 Å². The second-order valence-corrected chi connectivity index (χ2v) is 3.54. The lowest BCUT2D eigenvalue weighted by molar-refractivity contribution is 0.415. The molecule has 1 heterocycles. The van der Waals surface area contributed by atoms with Gasteiger partial charge in [0.2, 0.25) is 0 Å². The van der Waals surface area contributed by atoms with E-state index in [4.69, 9.17) is 10.5 Å². The van der Waals surface area contributed by atoms with Crippen LogP contribution in [0.5, 0.6) is 5.75 Å². The van der Waals surface area contributed by atoms with Gasteiger partial charge in [0.25, 0.3) is 0 Å². The molecule has 0 spiro atoms. The summed E-state index contributed by atoms with van der Waals surface area (Å²) in [5.41, 5.74) is 8.95. The van der Waals surface area contributed by atoms with Crippen LogP contribution in [-0.4, -0.2) is 17.3 Å². The molecule has 4 nitrogen and oxygen atoms in total. The lowest BCUT2D eigenvalue weighted by Crippen LogP contribution is -1.90. The van der Waals surface area contributed by atoms with E-state index in [1.54, 1.807) is 7.11 Å². The molecule has 0 unspecified atom stereocenters. The number of anilines is 1. The molecular weight excluding hydrogens is 202 g/mol. The largest absolute Gasteiger partial charge is 0.497 e. The van der Waals surface area contributed by atoms with E-state index in [2.05, 4.69) is 17.1 Å². The Hall–Kier alpha value is -1.97. The summed E-state index contributed by atoms with van der Waals surface area (Å²) in [7, 11) is 1.65. The highest BCUT2D eigenvalue weighted by atomic mass is 16.5. The second-order valence-electron chi connectivity index (χ2n) is 3.54. The zero-order chi connectivity index (χ0) is 11.5. The van der Waals surface area contributed by atoms with E-state index in [9.17, 15) is 0 Å². The van der Waals surface area contributed by atoms with Crippen LogP contribution in [0.1, 0.15) is 12.6 Å². The first kappa shape index (κ1) is 10.5. The van der Waals surface area contributed by atoms with Crippen molar-refractivity contribution in [2.75, 3.05) is 12.8 Å². The Morgan fingerprint density at radius 3 is 2.56 bits per heavy atom. The average Bonchev–Trinajstić information content (AvgIpc) is 2.70. The highest BCUT2D eigenvalue weighted by Crippen LogP contribution is 2.29. The van der Waals surface area contributed by atoms with Crippen molar-refractivity contribution in [3.05, 3.63) is 30.0 Å². The SMILES string of the molecule is CCc1[nH]nc(N)c1-c1ccc(OC)cc1. The van der Waals surface area contributed by atoms with Crippen molar-refractivity contribution in [2.45, 2.75) is 13.3 Å². The Kier molecular flexibility index (Phi) is 2.81. The summed E-state index contributed by atoms with van der Waals surface area (Å²) in [6.07, 6.45) is 0.881. The number of aryl methyl sites for hydroxylation is 1. The van der Waals surface area contributed by atoms with Crippen LogP contribution >= 0.6 is 0 Å². The predicted molar refractivity (Wildman–Crippen MR) is 64.4 cm³/mol. The predicted octanol–water partition coefficient (Wildman–Crippen LogP) is 2.23. The molecule has 0 saturated heterocycles. The number of methoxy groups -OCH3 is 1. The molecule has 0 radical (unpaired) electrons. The topological polar surface area (TPSA) is 63.9 Å². The number of aromatic nitrogens is 2. The number of nitrogens with zero attached hydrogens (tertiary/aromatic N) is 1. The summed E-state index contributed by atoms with van der Waals surface area (Å²) in [6, 6.07) is 7.81. The van der Waals surface area contributed by atoms with Crippen LogP contribution in [0.4, 0.5) is 5.82 Å². The van der Waals surface area contributed by atoms with E-state index < -0.39 is 0 Å². The van der Waals surface area contributed by atoms with Crippen LogP contribution in [0.25, 0.3) is 11.1 Å². The zero-order valence-corrected chi connectivity index (χ0v) is 9.45. The summed E-state index contributed by atoms with van der Waals surface area (Å²) in [4.78, 5) is 0. The quantitative estimate of drug-likeness (QED) is 0.828. The van der Waals surface area contributed by atoms with Gasteiger partial charge in [-0.25, -0.2) is 0 Å². The van der Waals surface area contributed by atoms with Crippen molar-refractivity contribution < 1.29 is 4.74 Å². The number of nitrogen functional groups attached to an aromatic ring is 1. The van der Waals surface area contributed by atoms with E-state index in [0.29, 0.717) is 5.82 Å². The number of ether oxygens (including phenoxy) is 1. The first-order valence-corrected chi connectivity index (χ1v) is 5.23. The van der Waals surface area contributed by atoms with Crippen molar-refractivity contribution in [2.24, 2.45) is 0 Å². The number of rotatable bonds is 3. The highest BCUT2D eigenvalue weighted by molar-refractivity contribution is 5.76. The minimum atomic E-state index is 0.544. The van der Waals surface area contributed by atoms with Gasteiger partial charge in [-0.05, 0) is 24.1 Å². The smallest absolute Gasteiger partial charge is 0.153 e. The van der Waals surface area contributed by atoms with Gasteiger partial charge in [-0.3, -0.25) is 5.10 Å². The van der Waals surface area contributed by atoms with Crippen molar-refractivity contribution in [3.8, 4) is 16.9 Å². The van der Waals surface area contributed by atoms with E-state index in [-0.39, 0.29) is 0 Å². The lowest BCUT2D eigenvalue weighted by Gasteiger charge is -2.04. The molecule has 4 heteroatoms. The summed E-state index contributed by atoms with van der Waals surface area (Å²) >= 11 is 0. The molecular formula is C12H15N3O. The Morgan fingerprint density at radius 2 is 2.00 bits per heavy atom. The second kappa shape index (κ2) is 4.26. The van der Waals surface area contributed by atoms with Gasteiger partial charge in [0.1, 0.15) is 5.75 Å². The van der Waals surface area contributed by atoms with Crippen molar-refractivity contribution in [3.63, 3.8) is 0 Å². The molecule has 16 heavy (non-hydrogen) atoms. The van der Waals surface area contributed by atoms with Crippen LogP contribution in [0.2, 0.25) is 0 Å². The molecule has 2 aromatic rings. The molecule has 0 saturated carbocycles. The summed E-state index contributed by atoms with van der Waals surface area (Å²) in [6.45, 7) is 2.07. The molecule has 0 aliphatic rings. The summed E-state index contributed by atoms with van der Waals surface area (Å²) in [5, 5.41) is 6.97. The third-order valence-corrected chi connectivity index (χ3v) is 2.60. The molecule has 1 aromatic heterocycles. The van der Waals surface area contributed by atoms with Crippen LogP contribution in [0, 0.1) is 0 Å². The molecule has 0 atom stereocenters.